The van der Waals surface area contributed by atoms with Crippen LogP contribution >= 0.6 is 0 Å². The van der Waals surface area contributed by atoms with Crippen molar-refractivity contribution in [2.75, 3.05) is 23.7 Å². The van der Waals surface area contributed by atoms with E-state index < -0.39 is 4.92 Å². The Morgan fingerprint density at radius 3 is 2.56 bits per heavy atom. The maximum Gasteiger partial charge on any atom is 0.311 e. The molecule has 1 aliphatic heterocycles. The molecule has 0 unspecified atom stereocenters. The van der Waals surface area contributed by atoms with E-state index in [9.17, 15) is 10.1 Å². The molecule has 2 N–H and O–H groups in total. The van der Waals surface area contributed by atoms with Gasteiger partial charge in [-0.15, -0.1) is 0 Å². The summed E-state index contributed by atoms with van der Waals surface area (Å²) in [6.07, 6.45) is 0.207. The Bertz CT molecular complexity index is 456. The SMILES string of the molecule is C[C@@H]1CN(c2ccc([N+](=O)[O-])c(N)n2)C[C@H](C)O1. The molecule has 1 fully saturated rings. The molecule has 0 spiro atoms. The first-order valence-electron chi connectivity index (χ1n) is 5.78. The van der Waals surface area contributed by atoms with Crippen LogP contribution in [0.25, 0.3) is 0 Å². The fourth-order valence-electron chi connectivity index (χ4n) is 2.15. The number of nitrogen functional groups attached to an aromatic ring is 1. The first kappa shape index (κ1) is 12.6. The average Bonchev–Trinajstić information content (AvgIpc) is 2.26. The monoisotopic (exact) mass is 252 g/mol. The predicted octanol–water partition coefficient (Wildman–Crippen LogP) is 1.19. The highest BCUT2D eigenvalue weighted by Crippen LogP contribution is 2.25. The summed E-state index contributed by atoms with van der Waals surface area (Å²) < 4.78 is 5.62. The van der Waals surface area contributed by atoms with Gasteiger partial charge in [-0.2, -0.15) is 0 Å². The van der Waals surface area contributed by atoms with Crippen molar-refractivity contribution in [3.63, 3.8) is 0 Å². The lowest BCUT2D eigenvalue weighted by atomic mass is 10.2. The molecule has 0 aromatic carbocycles. The van der Waals surface area contributed by atoms with Crippen LogP contribution in [0.4, 0.5) is 17.3 Å². The third-order valence-electron chi connectivity index (χ3n) is 2.83. The minimum Gasteiger partial charge on any atom is -0.378 e. The Balaban J connectivity index is 2.23. The van der Waals surface area contributed by atoms with Crippen molar-refractivity contribution in [3.8, 4) is 0 Å². The molecule has 0 amide bonds. The van der Waals surface area contributed by atoms with E-state index in [-0.39, 0.29) is 23.7 Å². The molecule has 0 radical (unpaired) electrons. The van der Waals surface area contributed by atoms with E-state index in [0.29, 0.717) is 18.9 Å². The Morgan fingerprint density at radius 2 is 2.06 bits per heavy atom. The van der Waals surface area contributed by atoms with Crippen LogP contribution in [0.15, 0.2) is 12.1 Å². The second kappa shape index (κ2) is 4.77. The standard InChI is InChI=1S/C11H16N4O3/c1-7-5-14(6-8(2)18-7)10-4-3-9(15(16)17)11(12)13-10/h3-4,7-8H,5-6H2,1-2H3,(H2,12,13)/t7-,8+. The number of hydrogen-bond donors (Lipinski definition) is 1. The number of nitrogens with two attached hydrogens (primary N) is 1. The molecule has 1 saturated heterocycles. The maximum absolute atomic E-state index is 10.7. The Kier molecular flexibility index (Phi) is 3.33. The molecule has 18 heavy (non-hydrogen) atoms. The van der Waals surface area contributed by atoms with Gasteiger partial charge < -0.3 is 15.4 Å². The van der Waals surface area contributed by atoms with Gasteiger partial charge in [0.15, 0.2) is 0 Å². The van der Waals surface area contributed by atoms with E-state index in [1.807, 2.05) is 18.7 Å². The summed E-state index contributed by atoms with van der Waals surface area (Å²) in [7, 11) is 0. The second-order valence-corrected chi connectivity index (χ2v) is 4.49. The van der Waals surface area contributed by atoms with E-state index in [1.165, 1.54) is 6.07 Å². The number of rotatable bonds is 2. The average molecular weight is 252 g/mol. The summed E-state index contributed by atoms with van der Waals surface area (Å²) in [5.74, 6) is 0.601. The number of nitro groups is 1. The zero-order valence-electron chi connectivity index (χ0n) is 10.4. The maximum atomic E-state index is 10.7. The first-order chi connectivity index (χ1) is 8.47. The highest BCUT2D eigenvalue weighted by Gasteiger charge is 2.24. The van der Waals surface area contributed by atoms with E-state index in [0.717, 1.165) is 0 Å². The predicted molar refractivity (Wildman–Crippen MR) is 67.5 cm³/mol. The van der Waals surface area contributed by atoms with Gasteiger partial charge in [-0.3, -0.25) is 10.1 Å². The van der Waals surface area contributed by atoms with Crippen molar-refractivity contribution < 1.29 is 9.66 Å². The van der Waals surface area contributed by atoms with Crippen LogP contribution in [-0.2, 0) is 4.74 Å². The normalized spacial score (nSPS) is 24.0. The highest BCUT2D eigenvalue weighted by atomic mass is 16.6. The number of morpholine rings is 1. The summed E-state index contributed by atoms with van der Waals surface area (Å²) in [5.41, 5.74) is 5.43. The molecule has 7 nitrogen and oxygen atoms in total. The van der Waals surface area contributed by atoms with Crippen LogP contribution in [0, 0.1) is 10.1 Å². The minimum absolute atomic E-state index is 0.0516. The number of nitrogens with zero attached hydrogens (tertiary/aromatic N) is 3. The molecule has 0 bridgehead atoms. The number of ether oxygens (including phenoxy) is 1. The number of hydrogen-bond acceptors (Lipinski definition) is 6. The van der Waals surface area contributed by atoms with Gasteiger partial charge in [0, 0.05) is 19.2 Å². The lowest BCUT2D eigenvalue weighted by Crippen LogP contribution is -2.45. The fraction of sp³-hybridized carbons (Fsp3) is 0.545. The molecule has 2 heterocycles. The molecule has 0 aliphatic carbocycles. The molecule has 2 rings (SSSR count). The van der Waals surface area contributed by atoms with E-state index in [4.69, 9.17) is 10.5 Å². The van der Waals surface area contributed by atoms with Crippen molar-refractivity contribution in [2.24, 2.45) is 0 Å². The van der Waals surface area contributed by atoms with Gasteiger partial charge in [0.05, 0.1) is 17.1 Å². The van der Waals surface area contributed by atoms with E-state index >= 15 is 0 Å². The molecule has 0 saturated carbocycles. The molecular weight excluding hydrogens is 236 g/mol. The van der Waals surface area contributed by atoms with E-state index in [2.05, 4.69) is 4.98 Å². The van der Waals surface area contributed by atoms with Crippen molar-refractivity contribution >= 4 is 17.3 Å². The van der Waals surface area contributed by atoms with Crippen LogP contribution in [0.3, 0.4) is 0 Å². The lowest BCUT2D eigenvalue weighted by Gasteiger charge is -2.36. The number of aromatic nitrogens is 1. The molecule has 98 valence electrons. The van der Waals surface area contributed by atoms with Gasteiger partial charge in [0.2, 0.25) is 5.82 Å². The van der Waals surface area contributed by atoms with Crippen LogP contribution in [0.2, 0.25) is 0 Å². The largest absolute Gasteiger partial charge is 0.378 e. The van der Waals surface area contributed by atoms with Crippen molar-refractivity contribution in [2.45, 2.75) is 26.1 Å². The Labute approximate surface area is 105 Å². The molecule has 1 aliphatic rings. The van der Waals surface area contributed by atoms with E-state index in [1.54, 1.807) is 6.07 Å². The molecule has 1 aromatic rings. The van der Waals surface area contributed by atoms with Gasteiger partial charge in [-0.25, -0.2) is 4.98 Å². The third kappa shape index (κ3) is 2.51. The van der Waals surface area contributed by atoms with Crippen LogP contribution in [-0.4, -0.2) is 35.2 Å². The Hall–Kier alpha value is -1.89. The topological polar surface area (TPSA) is 94.5 Å². The zero-order chi connectivity index (χ0) is 13.3. The van der Waals surface area contributed by atoms with Gasteiger partial charge in [-0.1, -0.05) is 0 Å². The summed E-state index contributed by atoms with van der Waals surface area (Å²) in [4.78, 5) is 16.3. The second-order valence-electron chi connectivity index (χ2n) is 4.49. The fourth-order valence-corrected chi connectivity index (χ4v) is 2.15. The van der Waals surface area contributed by atoms with Crippen LogP contribution < -0.4 is 10.6 Å². The summed E-state index contributed by atoms with van der Waals surface area (Å²) >= 11 is 0. The summed E-state index contributed by atoms with van der Waals surface area (Å²) in [5, 5.41) is 10.7. The summed E-state index contributed by atoms with van der Waals surface area (Å²) in [6.45, 7) is 5.37. The minimum atomic E-state index is -0.531. The number of anilines is 2. The van der Waals surface area contributed by atoms with Gasteiger partial charge in [-0.05, 0) is 19.9 Å². The van der Waals surface area contributed by atoms with Crippen LogP contribution in [0.1, 0.15) is 13.8 Å². The molecule has 7 heteroatoms. The molecule has 2 atom stereocenters. The summed E-state index contributed by atoms with van der Waals surface area (Å²) in [6, 6.07) is 3.02. The van der Waals surface area contributed by atoms with Crippen LogP contribution in [0.5, 0.6) is 0 Å². The molecular formula is C11H16N4O3. The van der Waals surface area contributed by atoms with Crippen molar-refractivity contribution in [3.05, 3.63) is 22.2 Å². The Morgan fingerprint density at radius 1 is 1.44 bits per heavy atom. The zero-order valence-corrected chi connectivity index (χ0v) is 10.4. The highest BCUT2D eigenvalue weighted by molar-refractivity contribution is 5.58. The lowest BCUT2D eigenvalue weighted by molar-refractivity contribution is -0.384. The third-order valence-corrected chi connectivity index (χ3v) is 2.83. The van der Waals surface area contributed by atoms with Crippen molar-refractivity contribution in [1.29, 1.82) is 0 Å². The smallest absolute Gasteiger partial charge is 0.311 e. The van der Waals surface area contributed by atoms with Gasteiger partial charge in [0.1, 0.15) is 5.82 Å². The number of pyridine rings is 1. The molecule has 1 aromatic heterocycles. The quantitative estimate of drug-likeness (QED) is 0.627. The first-order valence-corrected chi connectivity index (χ1v) is 5.78. The van der Waals surface area contributed by atoms with Crippen molar-refractivity contribution in [1.82, 2.24) is 4.98 Å². The van der Waals surface area contributed by atoms with Gasteiger partial charge >= 0.3 is 5.69 Å². The van der Waals surface area contributed by atoms with Gasteiger partial charge in [0.25, 0.3) is 0 Å².